The second-order valence-electron chi connectivity index (χ2n) is 13.4. The van der Waals surface area contributed by atoms with Crippen LogP contribution in [0.4, 0.5) is 5.69 Å². The number of benzene rings is 2. The zero-order valence-electron chi connectivity index (χ0n) is 29.0. The van der Waals surface area contributed by atoms with Crippen molar-refractivity contribution in [2.75, 3.05) is 11.9 Å². The van der Waals surface area contributed by atoms with Crippen molar-refractivity contribution >= 4 is 34.7 Å². The fraction of sp³-hybridized carbons (Fsp3) is 0.333. The van der Waals surface area contributed by atoms with Crippen LogP contribution in [0.2, 0.25) is 0 Å². The summed E-state index contributed by atoms with van der Waals surface area (Å²) < 4.78 is 10.3. The number of rotatable bonds is 9. The number of thiophene rings is 1. The number of unbranched alkanes of at least 4 members (excludes halogenated alkanes) is 1. The number of ether oxygens (including phenoxy) is 1. The molecule has 0 spiro atoms. The molecule has 2 N–H and O–H groups in total. The Labute approximate surface area is 305 Å². The second kappa shape index (κ2) is 14.2. The van der Waals surface area contributed by atoms with Crippen LogP contribution in [0.15, 0.2) is 60.9 Å². The highest BCUT2D eigenvalue weighted by Crippen LogP contribution is 2.39. The van der Waals surface area contributed by atoms with E-state index in [-0.39, 0.29) is 24.3 Å². The second-order valence-corrected chi connectivity index (χ2v) is 14.4. The molecular formula is C39H38N8O4S. The van der Waals surface area contributed by atoms with Crippen molar-refractivity contribution in [3.63, 3.8) is 0 Å². The minimum atomic E-state index is -0.628. The third-order valence-corrected chi connectivity index (χ3v) is 11.1. The van der Waals surface area contributed by atoms with Gasteiger partial charge >= 0.3 is 0 Å². The molecule has 6 heterocycles. The number of aryl methyl sites for hydroxylation is 2. The standard InChI is InChI=1S/C39H38N8O4S/c1-24-36-44-43-25(2)47(36)39-31(23-51-24)29(19-26-9-4-3-5-10-26)34(52-39)15-13-27-20-41-45(21-27)18-7-6-17-40-32-12-8-11-28-30(32)22-46(38(28)50)33-14-16-35(48)42-37(33)49/h3-5,8-12,20-21,24,33,40H,6-7,14,16-19,22-23H2,1-2H3,(H,42,48,49)/t24-,33?/m0/s1. The zero-order chi connectivity index (χ0) is 35.8. The van der Waals surface area contributed by atoms with E-state index in [0.29, 0.717) is 25.1 Å². The van der Waals surface area contributed by atoms with Crippen molar-refractivity contribution in [3.05, 3.63) is 111 Å². The van der Waals surface area contributed by atoms with Gasteiger partial charge in [0.2, 0.25) is 11.8 Å². The van der Waals surface area contributed by atoms with Gasteiger partial charge in [-0.15, -0.1) is 21.5 Å². The van der Waals surface area contributed by atoms with Gasteiger partial charge in [0.25, 0.3) is 5.91 Å². The lowest BCUT2D eigenvalue weighted by Crippen LogP contribution is -2.52. The Morgan fingerprint density at radius 3 is 2.75 bits per heavy atom. The first-order valence-corrected chi connectivity index (χ1v) is 18.4. The highest BCUT2D eigenvalue weighted by atomic mass is 32.1. The van der Waals surface area contributed by atoms with E-state index >= 15 is 0 Å². The van der Waals surface area contributed by atoms with Gasteiger partial charge < -0.3 is 15.0 Å². The molecule has 12 nitrogen and oxygen atoms in total. The van der Waals surface area contributed by atoms with Crippen molar-refractivity contribution in [3.8, 4) is 16.8 Å². The quantitative estimate of drug-likeness (QED) is 0.123. The van der Waals surface area contributed by atoms with Gasteiger partial charge in [-0.25, -0.2) is 0 Å². The van der Waals surface area contributed by atoms with Crippen molar-refractivity contribution in [1.29, 1.82) is 0 Å². The fourth-order valence-corrected chi connectivity index (χ4v) is 8.37. The number of anilines is 1. The van der Waals surface area contributed by atoms with Crippen LogP contribution in [-0.4, -0.2) is 59.8 Å². The summed E-state index contributed by atoms with van der Waals surface area (Å²) >= 11 is 1.66. The molecular weight excluding hydrogens is 677 g/mol. The summed E-state index contributed by atoms with van der Waals surface area (Å²) in [5.41, 5.74) is 6.76. The van der Waals surface area contributed by atoms with Crippen LogP contribution in [0.25, 0.3) is 5.00 Å². The van der Waals surface area contributed by atoms with E-state index in [1.165, 1.54) is 11.1 Å². The number of hydrogen-bond donors (Lipinski definition) is 2. The van der Waals surface area contributed by atoms with Crippen LogP contribution >= 0.6 is 11.3 Å². The minimum Gasteiger partial charge on any atom is -0.385 e. The molecule has 0 aliphatic carbocycles. The van der Waals surface area contributed by atoms with Gasteiger partial charge in [0, 0.05) is 54.6 Å². The van der Waals surface area contributed by atoms with E-state index in [1.807, 2.05) is 49.1 Å². The molecule has 2 aromatic carbocycles. The molecule has 264 valence electrons. The van der Waals surface area contributed by atoms with Crippen LogP contribution in [-0.2, 0) is 40.4 Å². The van der Waals surface area contributed by atoms with E-state index in [2.05, 4.69) is 66.6 Å². The van der Waals surface area contributed by atoms with E-state index in [4.69, 9.17) is 4.74 Å². The Hall–Kier alpha value is -5.58. The molecule has 0 radical (unpaired) electrons. The van der Waals surface area contributed by atoms with E-state index < -0.39 is 11.9 Å². The largest absolute Gasteiger partial charge is 0.385 e. The van der Waals surface area contributed by atoms with Gasteiger partial charge in [-0.1, -0.05) is 48.2 Å². The Kier molecular flexibility index (Phi) is 9.17. The number of aromatic nitrogens is 5. The summed E-state index contributed by atoms with van der Waals surface area (Å²) in [6, 6.07) is 15.4. The molecule has 0 saturated carbocycles. The Morgan fingerprint density at radius 1 is 1.04 bits per heavy atom. The molecule has 3 amide bonds. The summed E-state index contributed by atoms with van der Waals surface area (Å²) in [7, 11) is 0. The molecule has 1 saturated heterocycles. The third kappa shape index (κ3) is 6.51. The van der Waals surface area contributed by atoms with Crippen LogP contribution in [0.1, 0.15) is 93.4 Å². The van der Waals surface area contributed by atoms with Crippen LogP contribution in [0.3, 0.4) is 0 Å². The maximum atomic E-state index is 13.1. The van der Waals surface area contributed by atoms with Gasteiger partial charge in [0.1, 0.15) is 23.0 Å². The normalized spacial score (nSPS) is 17.9. The van der Waals surface area contributed by atoms with Crippen molar-refractivity contribution < 1.29 is 19.1 Å². The Bertz CT molecular complexity index is 2240. The van der Waals surface area contributed by atoms with E-state index in [1.54, 1.807) is 22.3 Å². The van der Waals surface area contributed by atoms with Gasteiger partial charge in [0.15, 0.2) is 5.82 Å². The summed E-state index contributed by atoms with van der Waals surface area (Å²) in [5.74, 6) is 7.61. The molecule has 0 bridgehead atoms. The minimum absolute atomic E-state index is 0.163. The van der Waals surface area contributed by atoms with Crippen LogP contribution in [0.5, 0.6) is 0 Å². The zero-order valence-corrected chi connectivity index (χ0v) is 29.8. The van der Waals surface area contributed by atoms with Gasteiger partial charge in [-0.2, -0.15) is 5.10 Å². The molecule has 3 aliphatic rings. The highest BCUT2D eigenvalue weighted by molar-refractivity contribution is 7.15. The predicted octanol–water partition coefficient (Wildman–Crippen LogP) is 5.07. The van der Waals surface area contributed by atoms with Crippen molar-refractivity contribution in [2.24, 2.45) is 0 Å². The molecule has 8 rings (SSSR count). The lowest BCUT2D eigenvalue weighted by Gasteiger charge is -2.29. The van der Waals surface area contributed by atoms with E-state index in [9.17, 15) is 14.4 Å². The molecule has 5 aromatic rings. The summed E-state index contributed by atoms with van der Waals surface area (Å²) in [4.78, 5) is 39.8. The molecule has 2 atom stereocenters. The topological polar surface area (TPSA) is 136 Å². The number of imide groups is 1. The number of hydrogen-bond acceptors (Lipinski definition) is 9. The first kappa shape index (κ1) is 33.6. The number of piperidine rings is 1. The van der Waals surface area contributed by atoms with Gasteiger partial charge in [-0.05, 0) is 62.8 Å². The SMILES string of the molecule is Cc1nnc2n1-c1sc(C#Cc3cnn(CCCCNc4cccc5c4CN(C4CCC(=O)NC4=O)C5=O)c3)c(Cc3ccccc3)c1CO[C@H]2C. The molecule has 3 aromatic heterocycles. The lowest BCUT2D eigenvalue weighted by molar-refractivity contribution is -0.136. The maximum Gasteiger partial charge on any atom is 0.255 e. The summed E-state index contributed by atoms with van der Waals surface area (Å²) in [5, 5.41) is 20.3. The van der Waals surface area contributed by atoms with Crippen LogP contribution < -0.4 is 10.6 Å². The summed E-state index contributed by atoms with van der Waals surface area (Å²) in [6.45, 7) is 6.28. The van der Waals surface area contributed by atoms with Gasteiger partial charge in [0.05, 0.1) is 23.2 Å². The molecule has 13 heteroatoms. The smallest absolute Gasteiger partial charge is 0.255 e. The third-order valence-electron chi connectivity index (χ3n) is 9.88. The Balaban J connectivity index is 0.912. The molecule has 1 unspecified atom stereocenters. The number of nitrogens with one attached hydrogen (secondary N) is 2. The maximum absolute atomic E-state index is 13.1. The first-order valence-electron chi connectivity index (χ1n) is 17.6. The molecule has 52 heavy (non-hydrogen) atoms. The highest BCUT2D eigenvalue weighted by Gasteiger charge is 2.40. The monoisotopic (exact) mass is 714 g/mol. The Morgan fingerprint density at radius 2 is 1.90 bits per heavy atom. The first-order chi connectivity index (χ1) is 25.3. The summed E-state index contributed by atoms with van der Waals surface area (Å²) in [6.07, 6.45) is 6.76. The number of carbonyl (C=O) groups is 3. The molecule has 3 aliphatic heterocycles. The average molecular weight is 715 g/mol. The number of amides is 3. The van der Waals surface area contributed by atoms with E-state index in [0.717, 1.165) is 76.3 Å². The van der Waals surface area contributed by atoms with Crippen molar-refractivity contribution in [1.82, 2.24) is 34.8 Å². The lowest BCUT2D eigenvalue weighted by atomic mass is 10.0. The number of fused-ring (bicyclic) bond motifs is 4. The average Bonchev–Trinajstić information content (AvgIpc) is 3.90. The fourth-order valence-electron chi connectivity index (χ4n) is 7.13. The van der Waals surface area contributed by atoms with Crippen LogP contribution in [0, 0.1) is 18.8 Å². The molecule has 1 fully saturated rings. The number of carbonyl (C=O) groups excluding carboxylic acids is 3. The van der Waals surface area contributed by atoms with Gasteiger partial charge in [-0.3, -0.25) is 28.9 Å². The number of nitrogens with zero attached hydrogens (tertiary/aromatic N) is 6. The predicted molar refractivity (Wildman–Crippen MR) is 195 cm³/mol. The van der Waals surface area contributed by atoms with Crippen molar-refractivity contribution in [2.45, 2.75) is 77.8 Å².